The molecular weight excluding hydrogens is 240 g/mol. The Labute approximate surface area is 112 Å². The van der Waals surface area contributed by atoms with Crippen LogP contribution in [0.25, 0.3) is 10.9 Å². The zero-order chi connectivity index (χ0) is 13.5. The lowest BCUT2D eigenvalue weighted by Gasteiger charge is -2.08. The van der Waals surface area contributed by atoms with Gasteiger partial charge in [-0.3, -0.25) is 0 Å². The molecule has 0 fully saturated rings. The number of benzene rings is 1. The zero-order valence-electron chi connectivity index (χ0n) is 11.0. The van der Waals surface area contributed by atoms with E-state index in [-0.39, 0.29) is 6.61 Å². The molecule has 19 heavy (non-hydrogen) atoms. The molecule has 0 aliphatic heterocycles. The van der Waals surface area contributed by atoms with Crippen LogP contribution in [-0.2, 0) is 0 Å². The van der Waals surface area contributed by atoms with Crippen LogP contribution in [0.5, 0.6) is 0 Å². The van der Waals surface area contributed by atoms with Crippen molar-refractivity contribution in [1.29, 1.82) is 0 Å². The van der Waals surface area contributed by atoms with Gasteiger partial charge < -0.3 is 16.2 Å². The summed E-state index contributed by atoms with van der Waals surface area (Å²) in [5.41, 5.74) is 7.31. The molecular formula is C14H20N4O. The van der Waals surface area contributed by atoms with Gasteiger partial charge in [0.2, 0.25) is 0 Å². The molecule has 0 aliphatic rings. The summed E-state index contributed by atoms with van der Waals surface area (Å²) in [5, 5.41) is 13.0. The van der Waals surface area contributed by atoms with Gasteiger partial charge in [-0.2, -0.15) is 0 Å². The Balaban J connectivity index is 1.93. The molecule has 0 radical (unpaired) electrons. The third-order valence-corrected chi connectivity index (χ3v) is 3.04. The van der Waals surface area contributed by atoms with Crippen molar-refractivity contribution in [1.82, 2.24) is 9.97 Å². The summed E-state index contributed by atoms with van der Waals surface area (Å²) < 4.78 is 0. The van der Waals surface area contributed by atoms with Gasteiger partial charge in [-0.1, -0.05) is 12.8 Å². The van der Waals surface area contributed by atoms with E-state index in [9.17, 15) is 0 Å². The standard InChI is InChI=1S/C14H20N4O/c15-11-5-6-12-13(9-11)17-10-18-14(12)16-7-3-1-2-4-8-19/h5-6,9-10,19H,1-4,7-8,15H2,(H,16,17,18). The fourth-order valence-electron chi connectivity index (χ4n) is 2.01. The summed E-state index contributed by atoms with van der Waals surface area (Å²) in [4.78, 5) is 8.48. The molecule has 0 amide bonds. The van der Waals surface area contributed by atoms with E-state index in [0.29, 0.717) is 5.69 Å². The van der Waals surface area contributed by atoms with Crippen LogP contribution in [-0.4, -0.2) is 28.2 Å². The SMILES string of the molecule is Nc1ccc2c(NCCCCCCO)ncnc2c1. The summed E-state index contributed by atoms with van der Waals surface area (Å²) in [5.74, 6) is 0.854. The summed E-state index contributed by atoms with van der Waals surface area (Å²) in [7, 11) is 0. The Morgan fingerprint density at radius 2 is 1.95 bits per heavy atom. The van der Waals surface area contributed by atoms with Gasteiger partial charge >= 0.3 is 0 Å². The number of nitrogens with two attached hydrogens (primary N) is 1. The number of rotatable bonds is 7. The molecule has 0 saturated carbocycles. The van der Waals surface area contributed by atoms with Crippen molar-refractivity contribution in [2.45, 2.75) is 25.7 Å². The number of unbranched alkanes of at least 4 members (excludes halogenated alkanes) is 3. The van der Waals surface area contributed by atoms with E-state index in [2.05, 4.69) is 15.3 Å². The number of nitrogens with one attached hydrogen (secondary N) is 1. The van der Waals surface area contributed by atoms with E-state index in [0.717, 1.165) is 48.9 Å². The minimum atomic E-state index is 0.283. The maximum Gasteiger partial charge on any atom is 0.137 e. The Morgan fingerprint density at radius 1 is 1.11 bits per heavy atom. The maximum atomic E-state index is 8.70. The number of hydrogen-bond acceptors (Lipinski definition) is 5. The molecule has 1 aromatic heterocycles. The van der Waals surface area contributed by atoms with Crippen LogP contribution < -0.4 is 11.1 Å². The normalized spacial score (nSPS) is 10.8. The molecule has 0 bridgehead atoms. The molecule has 0 unspecified atom stereocenters. The largest absolute Gasteiger partial charge is 0.399 e. The number of nitrogens with zero attached hydrogens (tertiary/aromatic N) is 2. The number of aliphatic hydroxyl groups excluding tert-OH is 1. The van der Waals surface area contributed by atoms with Crippen LogP contribution in [0.1, 0.15) is 25.7 Å². The Bertz CT molecular complexity index is 530. The summed E-state index contributed by atoms with van der Waals surface area (Å²) in [6.45, 7) is 1.16. The van der Waals surface area contributed by atoms with E-state index in [1.165, 1.54) is 0 Å². The third kappa shape index (κ3) is 3.79. The molecule has 2 aromatic rings. The molecule has 0 spiro atoms. The van der Waals surface area contributed by atoms with Crippen molar-refractivity contribution in [3.63, 3.8) is 0 Å². The minimum absolute atomic E-state index is 0.283. The lowest BCUT2D eigenvalue weighted by atomic mass is 10.2. The Morgan fingerprint density at radius 3 is 2.79 bits per heavy atom. The van der Waals surface area contributed by atoms with Crippen molar-refractivity contribution in [2.75, 3.05) is 24.2 Å². The number of fused-ring (bicyclic) bond motifs is 1. The fourth-order valence-corrected chi connectivity index (χ4v) is 2.01. The van der Waals surface area contributed by atoms with Gasteiger partial charge in [0.1, 0.15) is 12.1 Å². The van der Waals surface area contributed by atoms with Crippen LogP contribution in [0, 0.1) is 0 Å². The molecule has 5 nitrogen and oxygen atoms in total. The predicted octanol–water partition coefficient (Wildman–Crippen LogP) is 2.18. The molecule has 2 rings (SSSR count). The van der Waals surface area contributed by atoms with Gasteiger partial charge in [0.25, 0.3) is 0 Å². The highest BCUT2D eigenvalue weighted by molar-refractivity contribution is 5.90. The van der Waals surface area contributed by atoms with Gasteiger partial charge in [-0.15, -0.1) is 0 Å². The van der Waals surface area contributed by atoms with Crippen LogP contribution in [0.4, 0.5) is 11.5 Å². The highest BCUT2D eigenvalue weighted by atomic mass is 16.2. The monoisotopic (exact) mass is 260 g/mol. The second-order valence-corrected chi connectivity index (χ2v) is 4.56. The van der Waals surface area contributed by atoms with E-state index in [1.807, 2.05) is 18.2 Å². The van der Waals surface area contributed by atoms with Crippen LogP contribution in [0.2, 0.25) is 0 Å². The predicted molar refractivity (Wildman–Crippen MR) is 78.0 cm³/mol. The topological polar surface area (TPSA) is 84.1 Å². The number of aromatic nitrogens is 2. The maximum absolute atomic E-state index is 8.70. The first-order valence-corrected chi connectivity index (χ1v) is 6.66. The van der Waals surface area contributed by atoms with Crippen LogP contribution in [0.15, 0.2) is 24.5 Å². The van der Waals surface area contributed by atoms with Crippen molar-refractivity contribution in [3.05, 3.63) is 24.5 Å². The molecule has 0 atom stereocenters. The number of anilines is 2. The van der Waals surface area contributed by atoms with Gasteiger partial charge in [0.15, 0.2) is 0 Å². The van der Waals surface area contributed by atoms with Crippen LogP contribution >= 0.6 is 0 Å². The molecule has 102 valence electrons. The number of hydrogen-bond donors (Lipinski definition) is 3. The summed E-state index contributed by atoms with van der Waals surface area (Å²) >= 11 is 0. The lowest BCUT2D eigenvalue weighted by Crippen LogP contribution is -2.04. The second-order valence-electron chi connectivity index (χ2n) is 4.56. The molecule has 0 saturated heterocycles. The highest BCUT2D eigenvalue weighted by Gasteiger charge is 2.02. The third-order valence-electron chi connectivity index (χ3n) is 3.04. The highest BCUT2D eigenvalue weighted by Crippen LogP contribution is 2.21. The smallest absolute Gasteiger partial charge is 0.137 e. The van der Waals surface area contributed by atoms with Crippen molar-refractivity contribution >= 4 is 22.4 Å². The van der Waals surface area contributed by atoms with Crippen molar-refractivity contribution < 1.29 is 5.11 Å². The quantitative estimate of drug-likeness (QED) is 0.525. The summed E-state index contributed by atoms with van der Waals surface area (Å²) in [6.07, 6.45) is 5.69. The average Bonchev–Trinajstić information content (AvgIpc) is 2.42. The molecule has 1 heterocycles. The Hall–Kier alpha value is -1.88. The molecule has 5 heteroatoms. The van der Waals surface area contributed by atoms with Gasteiger partial charge in [-0.05, 0) is 31.0 Å². The van der Waals surface area contributed by atoms with E-state index < -0.39 is 0 Å². The summed E-state index contributed by atoms with van der Waals surface area (Å²) in [6, 6.07) is 5.65. The van der Waals surface area contributed by atoms with Crippen molar-refractivity contribution in [2.24, 2.45) is 0 Å². The average molecular weight is 260 g/mol. The number of aliphatic hydroxyl groups is 1. The van der Waals surface area contributed by atoms with Crippen LogP contribution in [0.3, 0.4) is 0 Å². The fraction of sp³-hybridized carbons (Fsp3) is 0.429. The van der Waals surface area contributed by atoms with E-state index in [1.54, 1.807) is 6.33 Å². The molecule has 1 aromatic carbocycles. The van der Waals surface area contributed by atoms with Crippen molar-refractivity contribution in [3.8, 4) is 0 Å². The second kappa shape index (κ2) is 6.89. The minimum Gasteiger partial charge on any atom is -0.399 e. The first-order chi connectivity index (χ1) is 9.31. The Kier molecular flexibility index (Phi) is 4.92. The van der Waals surface area contributed by atoms with E-state index in [4.69, 9.17) is 10.8 Å². The van der Waals surface area contributed by atoms with Gasteiger partial charge in [0, 0.05) is 24.2 Å². The van der Waals surface area contributed by atoms with E-state index >= 15 is 0 Å². The number of nitrogen functional groups attached to an aromatic ring is 1. The first-order valence-electron chi connectivity index (χ1n) is 6.66. The molecule has 0 aliphatic carbocycles. The zero-order valence-corrected chi connectivity index (χ0v) is 11.0. The first kappa shape index (κ1) is 13.5. The lowest BCUT2D eigenvalue weighted by molar-refractivity contribution is 0.283. The van der Waals surface area contributed by atoms with Gasteiger partial charge in [-0.25, -0.2) is 9.97 Å². The van der Waals surface area contributed by atoms with Gasteiger partial charge in [0.05, 0.1) is 5.52 Å². The molecule has 4 N–H and O–H groups in total.